The summed E-state index contributed by atoms with van der Waals surface area (Å²) in [5.74, 6) is -0.103. The minimum Gasteiger partial charge on any atom is -0.495 e. The van der Waals surface area contributed by atoms with Gasteiger partial charge in [-0.1, -0.05) is 36.2 Å². The molecule has 0 saturated carbocycles. The zero-order chi connectivity index (χ0) is 36.3. The number of imidazole rings is 1. The van der Waals surface area contributed by atoms with Crippen LogP contribution in [0.5, 0.6) is 5.75 Å². The number of nitrogens with zero attached hydrogens (tertiary/aromatic N) is 5. The Kier molecular flexibility index (Phi) is 10.0. The second-order valence-corrected chi connectivity index (χ2v) is 14.1. The van der Waals surface area contributed by atoms with Gasteiger partial charge in [-0.3, -0.25) is 9.20 Å². The van der Waals surface area contributed by atoms with Crippen molar-refractivity contribution in [2.75, 3.05) is 48.8 Å². The molecule has 1 atom stereocenters. The minimum atomic E-state index is -0.491. The van der Waals surface area contributed by atoms with E-state index in [0.29, 0.717) is 23.0 Å². The highest BCUT2D eigenvalue weighted by Gasteiger charge is 2.27. The van der Waals surface area contributed by atoms with E-state index in [2.05, 4.69) is 48.9 Å². The molecule has 8 rings (SSSR count). The fourth-order valence-electron chi connectivity index (χ4n) is 7.62. The summed E-state index contributed by atoms with van der Waals surface area (Å²) < 4.78 is 21.5. The smallest absolute Gasteiger partial charge is 0.255 e. The Balaban J connectivity index is 0.999. The first kappa shape index (κ1) is 34.7. The maximum absolute atomic E-state index is 13.6. The predicted molar refractivity (Wildman–Crippen MR) is 211 cm³/mol. The van der Waals surface area contributed by atoms with E-state index in [1.54, 1.807) is 25.5 Å². The van der Waals surface area contributed by atoms with Crippen LogP contribution < -0.4 is 25.6 Å². The van der Waals surface area contributed by atoms with E-state index in [1.165, 1.54) is 57.3 Å². The summed E-state index contributed by atoms with van der Waals surface area (Å²) in [4.78, 5) is 28.1. The fraction of sp³-hybridized carbons (Fsp3) is 0.293. The highest BCUT2D eigenvalue weighted by Crippen LogP contribution is 2.34. The Morgan fingerprint density at radius 1 is 0.943 bits per heavy atom. The number of carbonyl (C=O) groups excluding carboxylic acids is 1. The maximum Gasteiger partial charge on any atom is 0.255 e. The van der Waals surface area contributed by atoms with Crippen molar-refractivity contribution in [1.29, 1.82) is 0 Å². The van der Waals surface area contributed by atoms with Gasteiger partial charge in [0.25, 0.3) is 5.91 Å². The number of rotatable bonds is 9. The van der Waals surface area contributed by atoms with Gasteiger partial charge in [-0.25, -0.2) is 14.4 Å². The lowest BCUT2D eigenvalue weighted by Crippen LogP contribution is -2.46. The Hall–Kier alpha value is -5.39. The van der Waals surface area contributed by atoms with Gasteiger partial charge in [-0.2, -0.15) is 0 Å². The van der Waals surface area contributed by atoms with Crippen LogP contribution in [-0.2, 0) is 0 Å². The number of benzene rings is 3. The molecule has 10 nitrogen and oxygen atoms in total. The number of hydrogen-bond donors (Lipinski definition) is 3. The van der Waals surface area contributed by atoms with Crippen LogP contribution in [0, 0.1) is 5.82 Å². The minimum absolute atomic E-state index is 0.120. The van der Waals surface area contributed by atoms with Crippen LogP contribution in [0.15, 0.2) is 96.1 Å². The standard InChI is InChI=1S/C41H42ClFN8O2/c1-53-36-26-31(50-22-16-30(17-23-50)49-19-4-2-5-20-49)12-14-34(36)46-41-44-18-15-35(47-41)39-38(48-37-10-3-6-21-51(37)39)27-8-7-9-28(24-27)40(52)45-33-13-11-29(43)25-32(33)42/h3,6-15,18,21,24-26,30,41,46-47H,2,4-5,16-17,19-20,22-23H2,1H3,(H,45,52). The van der Waals surface area contributed by atoms with Gasteiger partial charge >= 0.3 is 0 Å². The number of aromatic nitrogens is 2. The van der Waals surface area contributed by atoms with Crippen LogP contribution in [0.3, 0.4) is 0 Å². The molecule has 3 aliphatic heterocycles. The van der Waals surface area contributed by atoms with Crippen molar-refractivity contribution in [3.05, 3.63) is 113 Å². The van der Waals surface area contributed by atoms with Crippen molar-refractivity contribution in [2.24, 2.45) is 4.99 Å². The highest BCUT2D eigenvalue weighted by molar-refractivity contribution is 6.34. The summed E-state index contributed by atoms with van der Waals surface area (Å²) in [5.41, 5.74) is 6.51. The van der Waals surface area contributed by atoms with Crippen LogP contribution in [0.25, 0.3) is 22.6 Å². The van der Waals surface area contributed by atoms with E-state index in [1.807, 2.05) is 47.0 Å². The van der Waals surface area contributed by atoms with Gasteiger partial charge in [-0.05, 0) is 99.4 Å². The molecular weight excluding hydrogens is 691 g/mol. The molecule has 5 heterocycles. The molecule has 12 heteroatoms. The molecule has 5 aromatic rings. The molecule has 0 aliphatic carbocycles. The van der Waals surface area contributed by atoms with Crippen molar-refractivity contribution >= 4 is 52.1 Å². The van der Waals surface area contributed by atoms with E-state index in [0.717, 1.165) is 58.9 Å². The number of halogens is 2. The molecule has 3 N–H and O–H groups in total. The van der Waals surface area contributed by atoms with Crippen LogP contribution >= 0.6 is 11.6 Å². The van der Waals surface area contributed by atoms with E-state index < -0.39 is 12.1 Å². The van der Waals surface area contributed by atoms with E-state index in [-0.39, 0.29) is 10.9 Å². The Morgan fingerprint density at radius 2 is 1.77 bits per heavy atom. The summed E-state index contributed by atoms with van der Waals surface area (Å²) >= 11 is 6.18. The summed E-state index contributed by atoms with van der Waals surface area (Å²) in [7, 11) is 1.70. The number of methoxy groups -OCH3 is 1. The van der Waals surface area contributed by atoms with Crippen molar-refractivity contribution in [3.63, 3.8) is 0 Å². The number of carbonyl (C=O) groups is 1. The normalized spacial score (nSPS) is 18.1. The molecule has 53 heavy (non-hydrogen) atoms. The van der Waals surface area contributed by atoms with Gasteiger partial charge in [0.15, 0.2) is 6.29 Å². The van der Waals surface area contributed by atoms with Crippen LogP contribution in [0.2, 0.25) is 5.02 Å². The van der Waals surface area contributed by atoms with Gasteiger partial charge in [0.2, 0.25) is 0 Å². The first-order valence-electron chi connectivity index (χ1n) is 18.2. The number of ether oxygens (including phenoxy) is 1. The number of hydrogen-bond acceptors (Lipinski definition) is 8. The third kappa shape index (κ3) is 7.45. The first-order valence-corrected chi connectivity index (χ1v) is 18.6. The lowest BCUT2D eigenvalue weighted by Gasteiger charge is -2.41. The average molecular weight is 733 g/mol. The molecule has 2 saturated heterocycles. The summed E-state index contributed by atoms with van der Waals surface area (Å²) in [6, 6.07) is 23.9. The molecule has 2 aromatic heterocycles. The number of nitrogens with one attached hydrogen (secondary N) is 3. The average Bonchev–Trinajstić information content (AvgIpc) is 3.60. The molecule has 3 aromatic carbocycles. The SMILES string of the molecule is COc1cc(N2CCC(N3CCCCC3)CC2)ccc1NC1N=CC=C(c2c(-c3cccc(C(=O)Nc4ccc(F)cc4Cl)c3)nc3ccccn23)N1. The van der Waals surface area contributed by atoms with E-state index >= 15 is 0 Å². The molecule has 2 fully saturated rings. The van der Waals surface area contributed by atoms with Gasteiger partial charge < -0.3 is 30.5 Å². The number of anilines is 3. The molecule has 1 unspecified atom stereocenters. The summed E-state index contributed by atoms with van der Waals surface area (Å²) in [6.45, 7) is 4.57. The van der Waals surface area contributed by atoms with E-state index in [4.69, 9.17) is 21.3 Å². The number of amides is 1. The molecule has 0 spiro atoms. The van der Waals surface area contributed by atoms with E-state index in [9.17, 15) is 9.18 Å². The largest absolute Gasteiger partial charge is 0.495 e. The van der Waals surface area contributed by atoms with Gasteiger partial charge in [0.05, 0.1) is 40.6 Å². The topological polar surface area (TPSA) is 98.5 Å². The summed E-state index contributed by atoms with van der Waals surface area (Å²) in [6.07, 6.45) is 11.6. The molecule has 0 bridgehead atoms. The molecular formula is C41H42ClFN8O2. The monoisotopic (exact) mass is 732 g/mol. The predicted octanol–water partition coefficient (Wildman–Crippen LogP) is 7.92. The molecule has 0 radical (unpaired) electrons. The van der Waals surface area contributed by atoms with Crippen LogP contribution in [-0.4, -0.2) is 72.0 Å². The number of piperidine rings is 2. The number of aliphatic imine (C=N–C) groups is 1. The quantitative estimate of drug-likeness (QED) is 0.142. The second-order valence-electron chi connectivity index (χ2n) is 13.7. The number of pyridine rings is 1. The third-order valence-electron chi connectivity index (χ3n) is 10.3. The first-order chi connectivity index (χ1) is 25.9. The summed E-state index contributed by atoms with van der Waals surface area (Å²) in [5, 5.41) is 9.97. The highest BCUT2D eigenvalue weighted by atomic mass is 35.5. The van der Waals surface area contributed by atoms with Crippen molar-refractivity contribution in [3.8, 4) is 17.0 Å². The number of allylic oxidation sites excluding steroid dienone is 1. The molecule has 1 amide bonds. The fourth-order valence-corrected chi connectivity index (χ4v) is 7.83. The van der Waals surface area contributed by atoms with Crippen LogP contribution in [0.1, 0.15) is 48.2 Å². The van der Waals surface area contributed by atoms with Gasteiger partial charge in [-0.15, -0.1) is 0 Å². The molecule has 272 valence electrons. The Labute approximate surface area is 313 Å². The number of likely N-dealkylation sites (tertiary alicyclic amines) is 1. The Bertz CT molecular complexity index is 2190. The van der Waals surface area contributed by atoms with Gasteiger partial charge in [0.1, 0.15) is 17.2 Å². The lowest BCUT2D eigenvalue weighted by atomic mass is 9.99. The van der Waals surface area contributed by atoms with Crippen molar-refractivity contribution < 1.29 is 13.9 Å². The van der Waals surface area contributed by atoms with Crippen molar-refractivity contribution in [2.45, 2.75) is 44.4 Å². The van der Waals surface area contributed by atoms with Gasteiger partial charge in [0, 0.05) is 54.4 Å². The second kappa shape index (κ2) is 15.3. The lowest BCUT2D eigenvalue weighted by molar-refractivity contribution is 0.102. The zero-order valence-corrected chi connectivity index (χ0v) is 30.3. The zero-order valence-electron chi connectivity index (χ0n) is 29.6. The number of fused-ring (bicyclic) bond motifs is 1. The van der Waals surface area contributed by atoms with Crippen molar-refractivity contribution in [1.82, 2.24) is 19.6 Å². The third-order valence-corrected chi connectivity index (χ3v) is 10.7. The van der Waals surface area contributed by atoms with Crippen LogP contribution in [0.4, 0.5) is 21.5 Å². The maximum atomic E-state index is 13.6. The molecule has 3 aliphatic rings. The Morgan fingerprint density at radius 3 is 2.58 bits per heavy atom.